The first-order chi connectivity index (χ1) is 47.4. The summed E-state index contributed by atoms with van der Waals surface area (Å²) in [7, 11) is 0. The molecule has 0 radical (unpaired) electrons. The van der Waals surface area contributed by atoms with E-state index in [2.05, 4.69) is 47.6 Å². The minimum atomic E-state index is -4.93. The molecule has 99 heavy (non-hydrogen) atoms. The standard InChI is InChI=1S/2C23H24F4N2S.C23H25F3N2OS.C4H10F3NS/c2*24-9-11-29-14-12-28(13-15-29)10-3-5-18-19-4-1-2-6-21(19)30-22-8-7-17(16-20(18)22)23(25,26)27;24-23(25,26)17-7-8-22-20(16-17)18(19-4-1-2-6-21(19)30-22)5-3-9-27-10-12-28(13-11-27)14-15-29;1-3-8(4-2)9(5,6)7/h2*1-2,4-8,16H,3,9-15H2;1-2,4-8,16,29H,3,9-15H2;3-4H2,1-2H3/b3*18-5-;. The molecule has 0 saturated carbocycles. The van der Waals surface area contributed by atoms with E-state index in [1.807, 2.05) is 72.8 Å². The minimum absolute atomic E-state index is 0.0648. The molecule has 12 rings (SSSR count). The Labute approximate surface area is 586 Å². The molecule has 3 fully saturated rings. The van der Waals surface area contributed by atoms with Crippen molar-refractivity contribution in [1.29, 1.82) is 0 Å². The van der Waals surface area contributed by atoms with Gasteiger partial charge in [0.1, 0.15) is 13.3 Å². The monoisotopic (exact) mass is 1470 g/mol. The molecule has 538 valence electrons. The number of piperazine rings is 3. The van der Waals surface area contributed by atoms with Crippen molar-refractivity contribution in [1.82, 2.24) is 33.7 Å². The van der Waals surface area contributed by atoms with Gasteiger partial charge in [-0.2, -0.15) is 43.8 Å². The van der Waals surface area contributed by atoms with Crippen molar-refractivity contribution in [2.45, 2.75) is 81.0 Å². The maximum Gasteiger partial charge on any atom is 0.416 e. The number of aliphatic hydroxyl groups is 1. The van der Waals surface area contributed by atoms with E-state index in [0.717, 1.165) is 192 Å². The Kier molecular flexibility index (Phi) is 28.4. The van der Waals surface area contributed by atoms with Crippen LogP contribution in [0, 0.1) is 0 Å². The lowest BCUT2D eigenvalue weighted by Gasteiger charge is -2.34. The first-order valence-corrected chi connectivity index (χ1v) is 36.9. The SMILES string of the molecule is CCN(CC)S(F)(F)F.FCCN1CCN(CC/C=C2/c3ccccc3Sc3ccc(C(F)(F)F)cc32)CC1.FCCN1CCN(CC/C=C2/c3ccccc3Sc3ccc(C(F)(F)F)cc32)CC1.OCCN1CCN(CC/C=C2/c3ccccc3Sc3ccc(C(F)(F)F)cc32)CC1. The predicted octanol–water partition coefficient (Wildman–Crippen LogP) is 18.5. The second kappa shape index (κ2) is 36.2. The Morgan fingerprint density at radius 1 is 0.374 bits per heavy atom. The average Bonchev–Trinajstić information content (AvgIpc) is 0.780. The highest BCUT2D eigenvalue weighted by molar-refractivity contribution is 8.18. The molecule has 0 aromatic heterocycles. The van der Waals surface area contributed by atoms with Crippen molar-refractivity contribution in [3.8, 4) is 0 Å². The number of hydrogen-bond acceptors (Lipinski definition) is 11. The van der Waals surface area contributed by atoms with E-state index in [1.54, 1.807) is 18.2 Å². The van der Waals surface area contributed by atoms with Crippen molar-refractivity contribution in [2.24, 2.45) is 0 Å². The summed E-state index contributed by atoms with van der Waals surface area (Å²) in [5, 5.41) is 9.06. The van der Waals surface area contributed by atoms with Crippen molar-refractivity contribution in [3.05, 3.63) is 196 Å². The number of halogens is 14. The normalized spacial score (nSPS) is 18.6. The summed E-state index contributed by atoms with van der Waals surface area (Å²) in [4.78, 5) is 19.3. The smallest absolute Gasteiger partial charge is 0.395 e. The molecule has 3 saturated heterocycles. The Bertz CT molecular complexity index is 3330. The van der Waals surface area contributed by atoms with Gasteiger partial charge in [-0.15, -0.1) is 11.7 Å². The minimum Gasteiger partial charge on any atom is -0.395 e. The molecule has 6 heterocycles. The van der Waals surface area contributed by atoms with Crippen LogP contribution in [-0.2, 0) is 18.5 Å². The van der Waals surface area contributed by atoms with Crippen LogP contribution < -0.4 is 0 Å². The fourth-order valence-electron chi connectivity index (χ4n) is 12.6. The van der Waals surface area contributed by atoms with Crippen molar-refractivity contribution < 1.29 is 65.1 Å². The molecule has 0 amide bonds. The predicted molar refractivity (Wildman–Crippen MR) is 373 cm³/mol. The highest BCUT2D eigenvalue weighted by atomic mass is 32.3. The lowest BCUT2D eigenvalue weighted by Crippen LogP contribution is -2.47. The second-order valence-electron chi connectivity index (χ2n) is 24.3. The number of aliphatic hydroxyl groups excluding tert-OH is 1. The Hall–Kier alpha value is -5.36. The molecule has 6 aromatic rings. The summed E-state index contributed by atoms with van der Waals surface area (Å²) in [6.45, 7) is 17.7. The lowest BCUT2D eigenvalue weighted by molar-refractivity contribution is -0.138. The first-order valence-electron chi connectivity index (χ1n) is 33.2. The van der Waals surface area contributed by atoms with Crippen LogP contribution in [0.15, 0.2) is 175 Å². The summed E-state index contributed by atoms with van der Waals surface area (Å²) >= 11 is -0.370. The molecule has 0 spiro atoms. The van der Waals surface area contributed by atoms with Gasteiger partial charge in [0.15, 0.2) is 0 Å². The van der Waals surface area contributed by atoms with Gasteiger partial charge in [-0.3, -0.25) is 14.7 Å². The first kappa shape index (κ1) is 77.8. The quantitative estimate of drug-likeness (QED) is 0.0836. The third kappa shape index (κ3) is 21.6. The van der Waals surface area contributed by atoms with E-state index in [-0.39, 0.29) is 33.0 Å². The molecular formula is C73H83F14N7OS4. The highest BCUT2D eigenvalue weighted by Crippen LogP contribution is 2.56. The number of benzene rings is 6. The summed E-state index contributed by atoms with van der Waals surface area (Å²) in [5.41, 5.74) is 5.77. The van der Waals surface area contributed by atoms with Gasteiger partial charge in [0.2, 0.25) is 0 Å². The fraction of sp³-hybridized carbons (Fsp3) is 0.425. The van der Waals surface area contributed by atoms with E-state index in [1.165, 1.54) is 73.4 Å². The van der Waals surface area contributed by atoms with Crippen LogP contribution in [0.25, 0.3) is 16.7 Å². The zero-order valence-electron chi connectivity index (χ0n) is 55.2. The topological polar surface area (TPSA) is 42.9 Å². The van der Waals surface area contributed by atoms with Crippen molar-refractivity contribution >= 4 is 63.4 Å². The summed E-state index contributed by atoms with van der Waals surface area (Å²) < 4.78 is 180. The number of fused-ring (bicyclic) bond motifs is 6. The summed E-state index contributed by atoms with van der Waals surface area (Å²) in [6.07, 6.45) is -4.53. The highest BCUT2D eigenvalue weighted by Gasteiger charge is 2.36. The zero-order valence-corrected chi connectivity index (χ0v) is 58.5. The molecule has 0 bridgehead atoms. The summed E-state index contributed by atoms with van der Waals surface area (Å²) in [6, 6.07) is 35.7. The molecular weight excluding hydrogens is 1390 g/mol. The van der Waals surface area contributed by atoms with Crippen LogP contribution in [0.4, 0.5) is 60.0 Å². The van der Waals surface area contributed by atoms with Gasteiger partial charge in [-0.25, -0.2) is 8.78 Å². The zero-order chi connectivity index (χ0) is 70.9. The Morgan fingerprint density at radius 3 is 0.859 bits per heavy atom. The summed E-state index contributed by atoms with van der Waals surface area (Å²) in [5.74, 6) is 0. The lowest BCUT2D eigenvalue weighted by atomic mass is 9.94. The average molecular weight is 1470 g/mol. The van der Waals surface area contributed by atoms with Gasteiger partial charge in [-0.1, -0.05) is 122 Å². The van der Waals surface area contributed by atoms with Crippen LogP contribution >= 0.6 is 46.7 Å². The number of nitrogens with zero attached hydrogens (tertiary/aromatic N) is 7. The number of alkyl halides is 11. The van der Waals surface area contributed by atoms with Crippen LogP contribution in [0.2, 0.25) is 0 Å². The van der Waals surface area contributed by atoms with E-state index < -0.39 is 46.6 Å². The van der Waals surface area contributed by atoms with Crippen LogP contribution in [0.5, 0.6) is 0 Å². The van der Waals surface area contributed by atoms with Gasteiger partial charge >= 0.3 is 18.5 Å². The maximum absolute atomic E-state index is 13.3. The molecule has 6 aromatic carbocycles. The van der Waals surface area contributed by atoms with E-state index in [0.29, 0.717) is 40.6 Å². The maximum atomic E-state index is 13.3. The van der Waals surface area contributed by atoms with E-state index in [4.69, 9.17) is 5.11 Å². The molecule has 26 heteroatoms. The molecule has 0 unspecified atom stereocenters. The third-order valence-electron chi connectivity index (χ3n) is 18.0. The van der Waals surface area contributed by atoms with Gasteiger partial charge in [0.05, 0.1) is 23.3 Å². The van der Waals surface area contributed by atoms with E-state index in [9.17, 15) is 60.0 Å². The number of hydrogen-bond donors (Lipinski definition) is 1. The van der Waals surface area contributed by atoms with Crippen LogP contribution in [0.1, 0.15) is 83.2 Å². The molecule has 6 aliphatic heterocycles. The fourth-order valence-corrected chi connectivity index (χ4v) is 16.4. The molecule has 8 nitrogen and oxygen atoms in total. The van der Waals surface area contributed by atoms with Crippen LogP contribution in [0.3, 0.4) is 0 Å². The van der Waals surface area contributed by atoms with E-state index >= 15 is 0 Å². The van der Waals surface area contributed by atoms with Gasteiger partial charge in [-0.05, 0) is 142 Å². The number of β-amino-alcohol motifs (C(OH)–C–C–N with tert-alkyl or cyclic N) is 1. The largest absolute Gasteiger partial charge is 0.416 e. The van der Waals surface area contributed by atoms with Gasteiger partial charge in [0.25, 0.3) is 11.4 Å². The van der Waals surface area contributed by atoms with Crippen LogP contribution in [-0.4, -0.2) is 190 Å². The molecule has 6 aliphatic rings. The molecule has 0 atom stereocenters. The van der Waals surface area contributed by atoms with Gasteiger partial charge in [0, 0.05) is 160 Å². The molecule has 1 N–H and O–H groups in total. The Morgan fingerprint density at radius 2 is 0.626 bits per heavy atom. The second-order valence-corrected chi connectivity index (χ2v) is 28.8. The van der Waals surface area contributed by atoms with Gasteiger partial charge < -0.3 is 19.8 Å². The van der Waals surface area contributed by atoms with Crippen molar-refractivity contribution in [3.63, 3.8) is 0 Å². The molecule has 0 aliphatic carbocycles. The van der Waals surface area contributed by atoms with Crippen molar-refractivity contribution in [2.75, 3.05) is 151 Å². The number of rotatable bonds is 18. The third-order valence-corrected chi connectivity index (χ3v) is 22.5. The Balaban J connectivity index is 0.000000163.